The molecule has 7 heteroatoms. The third kappa shape index (κ3) is 5.44. The quantitative estimate of drug-likeness (QED) is 0.580. The van der Waals surface area contributed by atoms with Crippen LogP contribution in [0.15, 0.2) is 77.7 Å². The number of rotatable bonds is 8. The van der Waals surface area contributed by atoms with Gasteiger partial charge in [0.2, 0.25) is 5.91 Å². The molecule has 0 fully saturated rings. The summed E-state index contributed by atoms with van der Waals surface area (Å²) in [5, 5.41) is 2.81. The standard InChI is InChI=1S/C24H26N2O4S/c1-18-8-7-9-20(14-18)16-25-24(27)17-26(21-10-5-4-6-11-21)31(28,29)23-15-19(2)12-13-22(23)30-3/h4-15H,16-17H2,1-3H3,(H,25,27). The van der Waals surface area contributed by atoms with E-state index in [1.54, 1.807) is 55.5 Å². The molecule has 0 heterocycles. The number of carbonyl (C=O) groups is 1. The lowest BCUT2D eigenvalue weighted by Gasteiger charge is -2.25. The fraction of sp³-hybridized carbons (Fsp3) is 0.208. The SMILES string of the molecule is COc1ccc(C)cc1S(=O)(=O)N(CC(=O)NCc1cccc(C)c1)c1ccccc1. The maximum absolute atomic E-state index is 13.6. The zero-order valence-electron chi connectivity index (χ0n) is 17.8. The van der Waals surface area contributed by atoms with Crippen molar-refractivity contribution in [3.63, 3.8) is 0 Å². The first-order valence-electron chi connectivity index (χ1n) is 9.86. The smallest absolute Gasteiger partial charge is 0.268 e. The van der Waals surface area contributed by atoms with Crippen molar-refractivity contribution in [2.75, 3.05) is 18.0 Å². The molecule has 0 bridgehead atoms. The van der Waals surface area contributed by atoms with Crippen LogP contribution in [0.4, 0.5) is 5.69 Å². The second kappa shape index (κ2) is 9.66. The molecule has 0 aromatic heterocycles. The van der Waals surface area contributed by atoms with Crippen LogP contribution < -0.4 is 14.4 Å². The monoisotopic (exact) mass is 438 g/mol. The van der Waals surface area contributed by atoms with Gasteiger partial charge in [0.1, 0.15) is 17.2 Å². The van der Waals surface area contributed by atoms with Crippen LogP contribution in [0, 0.1) is 13.8 Å². The van der Waals surface area contributed by atoms with E-state index in [0.717, 1.165) is 21.0 Å². The molecule has 0 atom stereocenters. The first-order chi connectivity index (χ1) is 14.8. The number of methoxy groups -OCH3 is 1. The van der Waals surface area contributed by atoms with Gasteiger partial charge >= 0.3 is 0 Å². The lowest BCUT2D eigenvalue weighted by molar-refractivity contribution is -0.119. The lowest BCUT2D eigenvalue weighted by Crippen LogP contribution is -2.40. The van der Waals surface area contributed by atoms with Crippen molar-refractivity contribution in [2.45, 2.75) is 25.3 Å². The summed E-state index contributed by atoms with van der Waals surface area (Å²) in [5.74, 6) is -0.174. The Balaban J connectivity index is 1.90. The van der Waals surface area contributed by atoms with Crippen molar-refractivity contribution < 1.29 is 17.9 Å². The topological polar surface area (TPSA) is 75.7 Å². The number of hydrogen-bond acceptors (Lipinski definition) is 4. The number of ether oxygens (including phenoxy) is 1. The minimum atomic E-state index is -4.06. The fourth-order valence-corrected chi connectivity index (χ4v) is 4.89. The molecule has 1 N–H and O–H groups in total. The maximum atomic E-state index is 13.6. The molecule has 0 aliphatic rings. The Hall–Kier alpha value is -3.32. The number of para-hydroxylation sites is 1. The summed E-state index contributed by atoms with van der Waals surface area (Å²) < 4.78 is 33.6. The van der Waals surface area contributed by atoms with Crippen molar-refractivity contribution in [1.29, 1.82) is 0 Å². The number of nitrogens with one attached hydrogen (secondary N) is 1. The van der Waals surface area contributed by atoms with E-state index in [1.807, 2.05) is 31.2 Å². The Morgan fingerprint density at radius 3 is 2.32 bits per heavy atom. The molecule has 31 heavy (non-hydrogen) atoms. The molecule has 6 nitrogen and oxygen atoms in total. The highest BCUT2D eigenvalue weighted by Gasteiger charge is 2.30. The third-order valence-corrected chi connectivity index (χ3v) is 6.59. The van der Waals surface area contributed by atoms with Crippen LogP contribution in [0.1, 0.15) is 16.7 Å². The first-order valence-corrected chi connectivity index (χ1v) is 11.3. The molecule has 0 unspecified atom stereocenters. The summed E-state index contributed by atoms with van der Waals surface area (Å²) >= 11 is 0. The van der Waals surface area contributed by atoms with E-state index < -0.39 is 15.9 Å². The van der Waals surface area contributed by atoms with Gasteiger partial charge < -0.3 is 10.1 Å². The molecule has 0 radical (unpaired) electrons. The van der Waals surface area contributed by atoms with Crippen LogP contribution in [0.25, 0.3) is 0 Å². The Morgan fingerprint density at radius 2 is 1.65 bits per heavy atom. The maximum Gasteiger partial charge on any atom is 0.268 e. The Morgan fingerprint density at radius 1 is 0.935 bits per heavy atom. The molecule has 1 amide bonds. The minimum Gasteiger partial charge on any atom is -0.495 e. The first kappa shape index (κ1) is 22.4. The zero-order valence-corrected chi connectivity index (χ0v) is 18.6. The van der Waals surface area contributed by atoms with E-state index in [9.17, 15) is 13.2 Å². The summed E-state index contributed by atoms with van der Waals surface area (Å²) in [6, 6.07) is 21.3. The molecule has 3 rings (SSSR count). The largest absolute Gasteiger partial charge is 0.495 e. The number of benzene rings is 3. The van der Waals surface area contributed by atoms with Crippen LogP contribution in [-0.4, -0.2) is 28.0 Å². The fourth-order valence-electron chi connectivity index (χ4n) is 3.22. The van der Waals surface area contributed by atoms with Gasteiger partial charge in [0.25, 0.3) is 10.0 Å². The van der Waals surface area contributed by atoms with Gasteiger partial charge in [-0.05, 0) is 49.2 Å². The Kier molecular flexibility index (Phi) is 6.97. The van der Waals surface area contributed by atoms with Crippen molar-refractivity contribution in [2.24, 2.45) is 0 Å². The van der Waals surface area contributed by atoms with Gasteiger partial charge in [0.15, 0.2) is 0 Å². The van der Waals surface area contributed by atoms with E-state index in [1.165, 1.54) is 7.11 Å². The summed E-state index contributed by atoms with van der Waals surface area (Å²) in [7, 11) is -2.63. The lowest BCUT2D eigenvalue weighted by atomic mass is 10.1. The van der Waals surface area contributed by atoms with E-state index in [-0.39, 0.29) is 17.2 Å². The molecule has 0 aliphatic carbocycles. The highest BCUT2D eigenvalue weighted by atomic mass is 32.2. The van der Waals surface area contributed by atoms with Crippen LogP contribution in [0.3, 0.4) is 0 Å². The van der Waals surface area contributed by atoms with E-state index in [0.29, 0.717) is 12.2 Å². The minimum absolute atomic E-state index is 0.0188. The average molecular weight is 439 g/mol. The zero-order chi connectivity index (χ0) is 22.4. The van der Waals surface area contributed by atoms with E-state index in [2.05, 4.69) is 5.32 Å². The number of anilines is 1. The number of aryl methyl sites for hydroxylation is 2. The normalized spacial score (nSPS) is 11.1. The van der Waals surface area contributed by atoms with Crippen LogP contribution in [-0.2, 0) is 21.4 Å². The number of carbonyl (C=O) groups excluding carboxylic acids is 1. The summed E-state index contributed by atoms with van der Waals surface area (Å²) in [6.07, 6.45) is 0. The van der Waals surface area contributed by atoms with E-state index >= 15 is 0 Å². The molecule has 0 saturated heterocycles. The van der Waals surface area contributed by atoms with Crippen molar-refractivity contribution in [3.8, 4) is 5.75 Å². The predicted molar refractivity (Wildman–Crippen MR) is 122 cm³/mol. The van der Waals surface area contributed by atoms with Crippen LogP contribution in [0.5, 0.6) is 5.75 Å². The number of amides is 1. The van der Waals surface area contributed by atoms with Crippen LogP contribution in [0.2, 0.25) is 0 Å². The van der Waals surface area contributed by atoms with Crippen molar-refractivity contribution in [3.05, 3.63) is 89.5 Å². The number of nitrogens with zero attached hydrogens (tertiary/aromatic N) is 1. The Labute approximate surface area is 183 Å². The Bertz CT molecular complexity index is 1160. The van der Waals surface area contributed by atoms with Gasteiger partial charge in [-0.15, -0.1) is 0 Å². The highest BCUT2D eigenvalue weighted by Crippen LogP contribution is 2.30. The second-order valence-electron chi connectivity index (χ2n) is 7.27. The van der Waals surface area contributed by atoms with Crippen LogP contribution >= 0.6 is 0 Å². The summed E-state index contributed by atoms with van der Waals surface area (Å²) in [5.41, 5.74) is 3.21. The molecule has 162 valence electrons. The van der Waals surface area contributed by atoms with E-state index in [4.69, 9.17) is 4.74 Å². The molecule has 3 aromatic carbocycles. The highest BCUT2D eigenvalue weighted by molar-refractivity contribution is 7.93. The predicted octanol–water partition coefficient (Wildman–Crippen LogP) is 3.82. The van der Waals surface area contributed by atoms with Gasteiger partial charge in [-0.2, -0.15) is 0 Å². The van der Waals surface area contributed by atoms with Gasteiger partial charge in [-0.25, -0.2) is 8.42 Å². The third-order valence-electron chi connectivity index (χ3n) is 4.79. The number of hydrogen-bond donors (Lipinski definition) is 1. The molecular weight excluding hydrogens is 412 g/mol. The van der Waals surface area contributed by atoms with Crippen molar-refractivity contribution in [1.82, 2.24) is 5.32 Å². The van der Waals surface area contributed by atoms with Gasteiger partial charge in [0.05, 0.1) is 12.8 Å². The summed E-state index contributed by atoms with van der Waals surface area (Å²) in [4.78, 5) is 12.8. The average Bonchev–Trinajstić information content (AvgIpc) is 2.76. The molecule has 3 aromatic rings. The molecule has 0 spiro atoms. The summed E-state index contributed by atoms with van der Waals surface area (Å²) in [6.45, 7) is 3.75. The molecule has 0 aliphatic heterocycles. The molecule has 0 saturated carbocycles. The van der Waals surface area contributed by atoms with Gasteiger partial charge in [-0.1, -0.05) is 54.1 Å². The molecular formula is C24H26N2O4S. The van der Waals surface area contributed by atoms with Gasteiger partial charge in [-0.3, -0.25) is 9.10 Å². The van der Waals surface area contributed by atoms with Gasteiger partial charge in [0, 0.05) is 6.54 Å². The van der Waals surface area contributed by atoms with Crippen molar-refractivity contribution >= 4 is 21.6 Å². The second-order valence-corrected chi connectivity index (χ2v) is 9.10. The number of sulfonamides is 1.